The van der Waals surface area contributed by atoms with Gasteiger partial charge < -0.3 is 20.1 Å². The third kappa shape index (κ3) is 1.49. The van der Waals surface area contributed by atoms with Gasteiger partial charge in [0.15, 0.2) is 5.79 Å². The molecule has 0 amide bonds. The summed E-state index contributed by atoms with van der Waals surface area (Å²) in [6.45, 7) is -0.495. The molecule has 0 aromatic heterocycles. The molecule has 0 bridgehead atoms. The minimum absolute atomic E-state index is 0.172. The Morgan fingerprint density at radius 3 is 2.55 bits per heavy atom. The average molecular weight is 159 g/mol. The van der Waals surface area contributed by atoms with Crippen LogP contribution in [0.1, 0.15) is 6.42 Å². The highest BCUT2D eigenvalue weighted by atomic mass is 16.6. The second kappa shape index (κ2) is 2.75. The number of nitriles is 1. The Morgan fingerprint density at radius 2 is 2.27 bits per heavy atom. The van der Waals surface area contributed by atoms with E-state index in [0.29, 0.717) is 0 Å². The molecule has 0 aliphatic carbocycles. The molecule has 0 aromatic rings. The van der Waals surface area contributed by atoms with Crippen LogP contribution in [-0.2, 0) is 4.74 Å². The molecule has 5 heteroatoms. The summed E-state index contributed by atoms with van der Waals surface area (Å²) in [7, 11) is 0. The van der Waals surface area contributed by atoms with Crippen molar-refractivity contribution in [3.63, 3.8) is 0 Å². The smallest absolute Gasteiger partial charge is 0.195 e. The van der Waals surface area contributed by atoms with E-state index in [9.17, 15) is 0 Å². The lowest BCUT2D eigenvalue weighted by Gasteiger charge is -2.19. The summed E-state index contributed by atoms with van der Waals surface area (Å²) >= 11 is 0. The van der Waals surface area contributed by atoms with Crippen molar-refractivity contribution in [3.05, 3.63) is 0 Å². The van der Waals surface area contributed by atoms with Crippen molar-refractivity contribution in [2.75, 3.05) is 6.61 Å². The van der Waals surface area contributed by atoms with Crippen molar-refractivity contribution >= 4 is 0 Å². The molecule has 1 saturated heterocycles. The van der Waals surface area contributed by atoms with E-state index in [4.69, 9.17) is 25.3 Å². The highest BCUT2D eigenvalue weighted by molar-refractivity contribution is 4.97. The molecular weight excluding hydrogens is 150 g/mol. The van der Waals surface area contributed by atoms with Crippen molar-refractivity contribution in [2.24, 2.45) is 0 Å². The first kappa shape index (κ1) is 8.43. The summed E-state index contributed by atoms with van der Waals surface area (Å²) < 4.78 is 4.76. The minimum atomic E-state index is -2.06. The Kier molecular flexibility index (Phi) is 2.11. The van der Waals surface area contributed by atoms with Gasteiger partial charge in [-0.3, -0.25) is 0 Å². The molecule has 0 radical (unpaired) electrons. The zero-order chi connectivity index (χ0) is 8.48. The van der Waals surface area contributed by atoms with Gasteiger partial charge in [-0.05, 0) is 0 Å². The number of hydrogen-bond acceptors (Lipinski definition) is 5. The average Bonchev–Trinajstić information content (AvgIpc) is 2.24. The van der Waals surface area contributed by atoms with Gasteiger partial charge in [0, 0.05) is 6.42 Å². The third-order valence-electron chi connectivity index (χ3n) is 1.64. The number of rotatable bonds is 1. The maximum atomic E-state index is 9.08. The van der Waals surface area contributed by atoms with Crippen LogP contribution in [0.4, 0.5) is 0 Å². The Balaban J connectivity index is 2.64. The van der Waals surface area contributed by atoms with Crippen LogP contribution in [0.2, 0.25) is 0 Å². The van der Waals surface area contributed by atoms with Crippen LogP contribution in [0.3, 0.4) is 0 Å². The van der Waals surface area contributed by atoms with Gasteiger partial charge in [0.2, 0.25) is 0 Å². The zero-order valence-corrected chi connectivity index (χ0v) is 5.77. The van der Waals surface area contributed by atoms with Gasteiger partial charge in [-0.1, -0.05) is 0 Å². The van der Waals surface area contributed by atoms with E-state index in [1.54, 1.807) is 6.07 Å². The van der Waals surface area contributed by atoms with Crippen LogP contribution in [0, 0.1) is 11.3 Å². The molecule has 11 heavy (non-hydrogen) atoms. The number of nitrogens with zero attached hydrogens (tertiary/aromatic N) is 1. The monoisotopic (exact) mass is 159 g/mol. The molecule has 1 rings (SSSR count). The first-order valence-electron chi connectivity index (χ1n) is 3.21. The number of hydrogen-bond donors (Lipinski definition) is 3. The fraction of sp³-hybridized carbons (Fsp3) is 0.833. The predicted molar refractivity (Wildman–Crippen MR) is 33.1 cm³/mol. The fourth-order valence-electron chi connectivity index (χ4n) is 1.02. The molecule has 3 N–H and O–H groups in total. The summed E-state index contributed by atoms with van der Waals surface area (Å²) in [4.78, 5) is 0. The highest BCUT2D eigenvalue weighted by Crippen LogP contribution is 2.27. The normalized spacial score (nSPS) is 35.1. The first-order valence-corrected chi connectivity index (χ1v) is 3.21. The summed E-state index contributed by atoms with van der Waals surface area (Å²) in [5, 5.41) is 35.0. The molecule has 62 valence electrons. The van der Waals surface area contributed by atoms with Gasteiger partial charge in [-0.25, -0.2) is 0 Å². The van der Waals surface area contributed by atoms with Crippen LogP contribution in [0.25, 0.3) is 0 Å². The highest BCUT2D eigenvalue weighted by Gasteiger charge is 2.45. The van der Waals surface area contributed by atoms with Crippen LogP contribution in [0.15, 0.2) is 0 Å². The maximum Gasteiger partial charge on any atom is 0.195 e. The molecule has 0 saturated carbocycles. The first-order chi connectivity index (χ1) is 5.10. The van der Waals surface area contributed by atoms with E-state index >= 15 is 0 Å². The van der Waals surface area contributed by atoms with E-state index < -0.39 is 24.6 Å². The Labute approximate surface area is 63.4 Å². The summed E-state index contributed by atoms with van der Waals surface area (Å²) in [6.07, 6.45) is -2.07. The van der Waals surface area contributed by atoms with Crippen molar-refractivity contribution in [1.29, 1.82) is 5.26 Å². The molecule has 2 atom stereocenters. The van der Waals surface area contributed by atoms with Crippen molar-refractivity contribution < 1.29 is 20.1 Å². The van der Waals surface area contributed by atoms with E-state index in [-0.39, 0.29) is 6.42 Å². The van der Waals surface area contributed by atoms with E-state index in [1.807, 2.05) is 0 Å². The largest absolute Gasteiger partial charge is 0.393 e. The summed E-state index contributed by atoms with van der Waals surface area (Å²) in [5.74, 6) is -2.06. The van der Waals surface area contributed by atoms with Gasteiger partial charge >= 0.3 is 0 Å². The Hall–Kier alpha value is -0.670. The fourth-order valence-corrected chi connectivity index (χ4v) is 1.02. The summed E-state index contributed by atoms with van der Waals surface area (Å²) in [5.41, 5.74) is 0. The van der Waals surface area contributed by atoms with Gasteiger partial charge in [0.1, 0.15) is 12.2 Å². The molecule has 0 spiro atoms. The molecule has 1 aliphatic heterocycles. The van der Waals surface area contributed by atoms with Gasteiger partial charge in [0.05, 0.1) is 12.7 Å². The second-order valence-corrected chi connectivity index (χ2v) is 2.51. The molecule has 1 heterocycles. The maximum absolute atomic E-state index is 9.08. The number of ether oxygens (including phenoxy) is 1. The van der Waals surface area contributed by atoms with Crippen LogP contribution in [0.5, 0.6) is 0 Å². The predicted octanol–water partition coefficient (Wildman–Crippen LogP) is -1.66. The van der Waals surface area contributed by atoms with Gasteiger partial charge in [-0.15, -0.1) is 0 Å². The molecule has 0 aromatic carbocycles. The Bertz CT molecular complexity index is 186. The number of aliphatic hydroxyl groups excluding tert-OH is 1. The van der Waals surface area contributed by atoms with E-state index in [0.717, 1.165) is 0 Å². The SMILES string of the molecule is N#CC1CC(O)(O)C(CO)O1. The van der Waals surface area contributed by atoms with Gasteiger partial charge in [-0.2, -0.15) is 5.26 Å². The van der Waals surface area contributed by atoms with Crippen molar-refractivity contribution in [2.45, 2.75) is 24.4 Å². The molecular formula is C6H9NO4. The molecule has 1 fully saturated rings. The lowest BCUT2D eigenvalue weighted by Crippen LogP contribution is -2.40. The standard InChI is InChI=1S/C6H9NO4/c7-2-4-1-6(9,10)5(3-8)11-4/h4-5,8-10H,1,3H2. The molecule has 2 unspecified atom stereocenters. The lowest BCUT2D eigenvalue weighted by molar-refractivity contribution is -0.201. The van der Waals surface area contributed by atoms with E-state index in [1.165, 1.54) is 0 Å². The molecule has 5 nitrogen and oxygen atoms in total. The van der Waals surface area contributed by atoms with Crippen LogP contribution >= 0.6 is 0 Å². The zero-order valence-electron chi connectivity index (χ0n) is 5.77. The third-order valence-corrected chi connectivity index (χ3v) is 1.64. The second-order valence-electron chi connectivity index (χ2n) is 2.51. The van der Waals surface area contributed by atoms with Crippen LogP contribution in [-0.4, -0.2) is 39.9 Å². The van der Waals surface area contributed by atoms with Crippen LogP contribution < -0.4 is 0 Å². The minimum Gasteiger partial charge on any atom is -0.393 e. The Morgan fingerprint density at radius 1 is 1.64 bits per heavy atom. The number of aliphatic hydroxyl groups is 3. The van der Waals surface area contributed by atoms with E-state index in [2.05, 4.69) is 0 Å². The van der Waals surface area contributed by atoms with Crippen molar-refractivity contribution in [3.8, 4) is 6.07 Å². The topological polar surface area (TPSA) is 93.7 Å². The summed E-state index contributed by atoms with van der Waals surface area (Å²) in [6, 6.07) is 1.73. The van der Waals surface area contributed by atoms with Crippen molar-refractivity contribution in [1.82, 2.24) is 0 Å². The van der Waals surface area contributed by atoms with Gasteiger partial charge in [0.25, 0.3) is 0 Å². The molecule has 1 aliphatic rings. The lowest BCUT2D eigenvalue weighted by atomic mass is 10.1. The quantitative estimate of drug-likeness (QED) is 0.398.